The number of amides is 2. The largest absolute Gasteiger partial charge is 0.394 e. The Morgan fingerprint density at radius 1 is 1.71 bits per heavy atom. The average Bonchev–Trinajstić information content (AvgIpc) is 2.48. The fraction of sp³-hybridized carbons (Fsp3) is 0.750. The topological polar surface area (TPSA) is 104 Å². The molecule has 14 heavy (non-hydrogen) atoms. The highest BCUT2D eigenvalue weighted by molar-refractivity contribution is 5.88. The molecule has 6 heteroatoms. The summed E-state index contributed by atoms with van der Waals surface area (Å²) in [6.45, 7) is -0.102. The van der Waals surface area contributed by atoms with Crippen LogP contribution in [0.15, 0.2) is 0 Å². The van der Waals surface area contributed by atoms with Crippen molar-refractivity contribution in [2.24, 2.45) is 11.7 Å². The van der Waals surface area contributed by atoms with Gasteiger partial charge in [-0.1, -0.05) is 0 Å². The minimum Gasteiger partial charge on any atom is -0.394 e. The van der Waals surface area contributed by atoms with Gasteiger partial charge in [0.2, 0.25) is 11.8 Å². The zero-order chi connectivity index (χ0) is 10.7. The number of rotatable bonds is 4. The second-order valence-corrected chi connectivity index (χ2v) is 3.44. The molecule has 0 aromatic heterocycles. The zero-order valence-electron chi connectivity index (χ0n) is 7.72. The first-order chi connectivity index (χ1) is 6.54. The summed E-state index contributed by atoms with van der Waals surface area (Å²) in [4.78, 5) is 23.4. The number of primary amides is 1. The first kappa shape index (κ1) is 10.9. The number of hydrogen-bond acceptors (Lipinski definition) is 4. The molecule has 1 rings (SSSR count). The molecule has 1 aliphatic heterocycles. The van der Waals surface area contributed by atoms with Crippen LogP contribution < -0.4 is 5.73 Å². The fourth-order valence-corrected chi connectivity index (χ4v) is 1.45. The monoisotopic (exact) mass is 202 g/mol. The van der Waals surface area contributed by atoms with Gasteiger partial charge >= 0.3 is 0 Å². The molecule has 1 heterocycles. The SMILES string of the molecule is NC(=O)C1CC(=O)N(CC(O)CO)C1. The highest BCUT2D eigenvalue weighted by atomic mass is 16.3. The van der Waals surface area contributed by atoms with Gasteiger partial charge in [-0.15, -0.1) is 0 Å². The van der Waals surface area contributed by atoms with E-state index in [1.807, 2.05) is 0 Å². The molecule has 0 aromatic carbocycles. The van der Waals surface area contributed by atoms with Gasteiger partial charge < -0.3 is 20.8 Å². The molecule has 4 N–H and O–H groups in total. The Morgan fingerprint density at radius 2 is 2.36 bits per heavy atom. The van der Waals surface area contributed by atoms with Crippen LogP contribution >= 0.6 is 0 Å². The third-order valence-corrected chi connectivity index (χ3v) is 2.26. The molecule has 2 unspecified atom stereocenters. The van der Waals surface area contributed by atoms with E-state index in [4.69, 9.17) is 15.9 Å². The van der Waals surface area contributed by atoms with Crippen molar-refractivity contribution >= 4 is 11.8 Å². The normalized spacial score (nSPS) is 24.0. The van der Waals surface area contributed by atoms with E-state index >= 15 is 0 Å². The lowest BCUT2D eigenvalue weighted by Gasteiger charge is -2.18. The number of β-amino-alcohol motifs (C(OH)–C–C–N with tert-alkyl or cyclic N) is 1. The minimum absolute atomic E-state index is 0.0547. The summed E-state index contributed by atoms with van der Waals surface area (Å²) in [7, 11) is 0. The molecular weight excluding hydrogens is 188 g/mol. The predicted octanol–water partition coefficient (Wildman–Crippen LogP) is -2.33. The van der Waals surface area contributed by atoms with E-state index in [0.29, 0.717) is 0 Å². The highest BCUT2D eigenvalue weighted by Gasteiger charge is 2.33. The van der Waals surface area contributed by atoms with Gasteiger partial charge in [0.05, 0.1) is 18.6 Å². The maximum absolute atomic E-state index is 11.3. The van der Waals surface area contributed by atoms with Crippen molar-refractivity contribution in [1.82, 2.24) is 4.90 Å². The molecule has 1 saturated heterocycles. The summed E-state index contributed by atoms with van der Waals surface area (Å²) < 4.78 is 0. The number of hydrogen-bond donors (Lipinski definition) is 3. The van der Waals surface area contributed by atoms with Gasteiger partial charge in [0, 0.05) is 19.5 Å². The summed E-state index contributed by atoms with van der Waals surface area (Å²) in [6, 6.07) is 0. The van der Waals surface area contributed by atoms with Crippen LogP contribution in [0.5, 0.6) is 0 Å². The van der Waals surface area contributed by atoms with Crippen LogP contribution in [0.4, 0.5) is 0 Å². The van der Waals surface area contributed by atoms with Crippen molar-refractivity contribution in [3.63, 3.8) is 0 Å². The number of carbonyl (C=O) groups is 2. The Bertz CT molecular complexity index is 243. The summed E-state index contributed by atoms with van der Waals surface area (Å²) in [6.07, 6.45) is -0.849. The zero-order valence-corrected chi connectivity index (χ0v) is 7.72. The molecule has 0 spiro atoms. The van der Waals surface area contributed by atoms with Crippen LogP contribution in [-0.2, 0) is 9.59 Å². The lowest BCUT2D eigenvalue weighted by molar-refractivity contribution is -0.129. The molecule has 1 aliphatic rings. The Kier molecular flexibility index (Phi) is 3.43. The van der Waals surface area contributed by atoms with Gasteiger partial charge in [-0.2, -0.15) is 0 Å². The second kappa shape index (κ2) is 4.39. The van der Waals surface area contributed by atoms with Crippen molar-refractivity contribution in [2.45, 2.75) is 12.5 Å². The predicted molar refractivity (Wildman–Crippen MR) is 47.0 cm³/mol. The van der Waals surface area contributed by atoms with E-state index in [1.54, 1.807) is 0 Å². The number of aliphatic hydroxyl groups is 2. The van der Waals surface area contributed by atoms with Crippen LogP contribution in [0.3, 0.4) is 0 Å². The molecule has 0 bridgehead atoms. The smallest absolute Gasteiger partial charge is 0.223 e. The van der Waals surface area contributed by atoms with E-state index in [2.05, 4.69) is 0 Å². The third kappa shape index (κ3) is 2.43. The van der Waals surface area contributed by atoms with E-state index in [9.17, 15) is 9.59 Å². The quantitative estimate of drug-likeness (QED) is 0.475. The first-order valence-electron chi connectivity index (χ1n) is 4.40. The van der Waals surface area contributed by atoms with Crippen LogP contribution in [0.25, 0.3) is 0 Å². The van der Waals surface area contributed by atoms with Gasteiger partial charge in [-0.05, 0) is 0 Å². The lowest BCUT2D eigenvalue weighted by Crippen LogP contribution is -2.36. The Hall–Kier alpha value is -1.14. The number of nitrogens with zero attached hydrogens (tertiary/aromatic N) is 1. The molecule has 80 valence electrons. The second-order valence-electron chi connectivity index (χ2n) is 3.44. The maximum atomic E-state index is 11.3. The van der Waals surface area contributed by atoms with E-state index in [-0.39, 0.29) is 25.4 Å². The van der Waals surface area contributed by atoms with Crippen LogP contribution in [0, 0.1) is 5.92 Å². The molecular formula is C8H14N2O4. The minimum atomic E-state index is -0.953. The van der Waals surface area contributed by atoms with Crippen molar-refractivity contribution in [3.8, 4) is 0 Å². The number of aliphatic hydroxyl groups excluding tert-OH is 2. The van der Waals surface area contributed by atoms with Crippen molar-refractivity contribution in [1.29, 1.82) is 0 Å². The number of carbonyl (C=O) groups excluding carboxylic acids is 2. The van der Waals surface area contributed by atoms with Gasteiger partial charge in [-0.3, -0.25) is 9.59 Å². The maximum Gasteiger partial charge on any atom is 0.223 e. The standard InChI is InChI=1S/C8H14N2O4/c9-8(14)5-1-7(13)10(2-5)3-6(12)4-11/h5-6,11-12H,1-4H2,(H2,9,14). The van der Waals surface area contributed by atoms with Crippen LogP contribution in [0.2, 0.25) is 0 Å². The Labute approximate surface area is 81.3 Å². The van der Waals surface area contributed by atoms with Crippen molar-refractivity contribution in [3.05, 3.63) is 0 Å². The molecule has 2 amide bonds. The van der Waals surface area contributed by atoms with E-state index in [0.717, 1.165) is 0 Å². The Balaban J connectivity index is 2.48. The van der Waals surface area contributed by atoms with Crippen molar-refractivity contribution < 1.29 is 19.8 Å². The van der Waals surface area contributed by atoms with Crippen LogP contribution in [0.1, 0.15) is 6.42 Å². The average molecular weight is 202 g/mol. The number of nitrogens with two attached hydrogens (primary N) is 1. The van der Waals surface area contributed by atoms with Crippen LogP contribution in [-0.4, -0.2) is 52.7 Å². The first-order valence-corrected chi connectivity index (χ1v) is 4.40. The summed E-state index contributed by atoms with van der Waals surface area (Å²) in [5.74, 6) is -1.17. The molecule has 0 aromatic rings. The molecule has 0 aliphatic carbocycles. The molecule has 1 fully saturated rings. The van der Waals surface area contributed by atoms with Crippen molar-refractivity contribution in [2.75, 3.05) is 19.7 Å². The Morgan fingerprint density at radius 3 is 2.79 bits per heavy atom. The molecule has 0 saturated carbocycles. The highest BCUT2D eigenvalue weighted by Crippen LogP contribution is 2.17. The molecule has 0 radical (unpaired) electrons. The summed E-state index contributed by atoms with van der Waals surface area (Å²) >= 11 is 0. The van der Waals surface area contributed by atoms with Gasteiger partial charge in [0.25, 0.3) is 0 Å². The fourth-order valence-electron chi connectivity index (χ4n) is 1.45. The molecule has 2 atom stereocenters. The summed E-state index contributed by atoms with van der Waals surface area (Å²) in [5, 5.41) is 17.7. The summed E-state index contributed by atoms with van der Waals surface area (Å²) in [5.41, 5.74) is 5.06. The van der Waals surface area contributed by atoms with E-state index < -0.39 is 24.5 Å². The van der Waals surface area contributed by atoms with Gasteiger partial charge in [0.1, 0.15) is 0 Å². The van der Waals surface area contributed by atoms with Gasteiger partial charge in [-0.25, -0.2) is 0 Å². The third-order valence-electron chi connectivity index (χ3n) is 2.26. The lowest BCUT2D eigenvalue weighted by atomic mass is 10.1. The van der Waals surface area contributed by atoms with Gasteiger partial charge in [0.15, 0.2) is 0 Å². The number of likely N-dealkylation sites (tertiary alicyclic amines) is 1. The van der Waals surface area contributed by atoms with E-state index in [1.165, 1.54) is 4.90 Å². The molecule has 6 nitrogen and oxygen atoms in total.